The zero-order chi connectivity index (χ0) is 25.6. The topological polar surface area (TPSA) is 64.5 Å². The monoisotopic (exact) mass is 407 g/mol. The zero-order valence-corrected chi connectivity index (χ0v) is 17.1. The second kappa shape index (κ2) is 8.68. The third-order valence-electron chi connectivity index (χ3n) is 4.80. The molecule has 0 fully saturated rings. The molecular weight excluding hydrogens is 376 g/mol. The average molecular weight is 408 g/mol. The second-order valence-electron chi connectivity index (χ2n) is 7.15. The van der Waals surface area contributed by atoms with Gasteiger partial charge in [-0.2, -0.15) is 4.98 Å². The van der Waals surface area contributed by atoms with Crippen molar-refractivity contribution in [2.75, 3.05) is 6.54 Å². The van der Waals surface area contributed by atoms with Gasteiger partial charge in [-0.25, -0.2) is 4.85 Å². The molecule has 1 heterocycles. The fourth-order valence-electron chi connectivity index (χ4n) is 3.48. The van der Waals surface area contributed by atoms with Crippen LogP contribution in [0.25, 0.3) is 27.7 Å². The average Bonchev–Trinajstić information content (AvgIpc) is 3.32. The maximum absolute atomic E-state index is 8.53. The smallest absolute Gasteiger partial charge is 0.256 e. The van der Waals surface area contributed by atoms with Crippen molar-refractivity contribution >= 4 is 5.69 Å². The number of nitrogens with one attached hydrogen (secondary N) is 1. The van der Waals surface area contributed by atoms with Gasteiger partial charge < -0.3 is 14.6 Å². The molecule has 2 aromatic carbocycles. The lowest BCUT2D eigenvalue weighted by atomic mass is 10.0. The van der Waals surface area contributed by atoms with Crippen LogP contribution in [-0.2, 0) is 6.42 Å². The Morgan fingerprint density at radius 3 is 3.07 bits per heavy atom. The minimum absolute atomic E-state index is 0.0215. The van der Waals surface area contributed by atoms with E-state index >= 15 is 0 Å². The van der Waals surface area contributed by atoms with Crippen molar-refractivity contribution in [2.24, 2.45) is 0 Å². The predicted molar refractivity (Wildman–Crippen MR) is 117 cm³/mol. The van der Waals surface area contributed by atoms with E-state index in [4.69, 9.17) is 22.7 Å². The van der Waals surface area contributed by atoms with E-state index in [0.29, 0.717) is 22.7 Å². The van der Waals surface area contributed by atoms with Crippen molar-refractivity contribution in [1.29, 1.82) is 0 Å². The summed E-state index contributed by atoms with van der Waals surface area (Å²) in [6.45, 7) is 12.1. The molecule has 3 aromatic rings. The number of aromatic nitrogens is 2. The first-order valence-corrected chi connectivity index (χ1v) is 9.68. The number of rotatable bonds is 7. The van der Waals surface area contributed by atoms with E-state index in [9.17, 15) is 0 Å². The number of hydrogen-bond acceptors (Lipinski definition) is 5. The standard InChI is InChI=1S/C24H26N4O2/c1-5-13-26-20-11-10-17-18(20)7-6-8-19(17)23-27-24(30-28-23)16-9-12-22(29-15(2)3)21(14-16)25-4/h6-9,12,14-15,20,26H,5,10-11,13H2,1-3H3/t20-/m0/s1/i5D2,11D2,15D. The summed E-state index contributed by atoms with van der Waals surface area (Å²) in [5.41, 5.74) is 2.89. The number of benzene rings is 2. The molecule has 0 bridgehead atoms. The van der Waals surface area contributed by atoms with Gasteiger partial charge in [-0.05, 0) is 68.9 Å². The lowest BCUT2D eigenvalue weighted by molar-refractivity contribution is 0.244. The van der Waals surface area contributed by atoms with Crippen LogP contribution < -0.4 is 10.1 Å². The van der Waals surface area contributed by atoms with Crippen LogP contribution in [0.15, 0.2) is 40.9 Å². The van der Waals surface area contributed by atoms with E-state index < -0.39 is 24.9 Å². The van der Waals surface area contributed by atoms with E-state index in [1.54, 1.807) is 38.1 Å². The number of fused-ring (bicyclic) bond motifs is 1. The van der Waals surface area contributed by atoms with Crippen molar-refractivity contribution in [3.05, 3.63) is 58.9 Å². The van der Waals surface area contributed by atoms with Gasteiger partial charge in [0.15, 0.2) is 0 Å². The number of hydrogen-bond donors (Lipinski definition) is 1. The minimum Gasteiger partial charge on any atom is -0.502 e. The van der Waals surface area contributed by atoms with Crippen molar-refractivity contribution in [1.82, 2.24) is 15.5 Å². The highest BCUT2D eigenvalue weighted by molar-refractivity contribution is 5.70. The van der Waals surface area contributed by atoms with Crippen LogP contribution in [0.1, 0.15) is 57.5 Å². The molecule has 0 aliphatic heterocycles. The first-order chi connectivity index (χ1) is 16.3. The number of nitrogens with zero attached hydrogens (tertiary/aromatic N) is 3. The van der Waals surface area contributed by atoms with Crippen LogP contribution in [-0.4, -0.2) is 22.8 Å². The van der Waals surface area contributed by atoms with E-state index in [-0.39, 0.29) is 24.5 Å². The molecule has 1 aliphatic carbocycles. The molecule has 1 atom stereocenters. The number of ether oxygens (including phenoxy) is 1. The van der Waals surface area contributed by atoms with Gasteiger partial charge in [0.1, 0.15) is 5.75 Å². The van der Waals surface area contributed by atoms with Gasteiger partial charge in [0.25, 0.3) is 5.89 Å². The minimum atomic E-state index is -1.61. The summed E-state index contributed by atoms with van der Waals surface area (Å²) in [4.78, 5) is 7.99. The van der Waals surface area contributed by atoms with Crippen LogP contribution in [0.3, 0.4) is 0 Å². The predicted octanol–water partition coefficient (Wildman–Crippen LogP) is 5.73. The van der Waals surface area contributed by atoms with Gasteiger partial charge in [-0.1, -0.05) is 30.3 Å². The Morgan fingerprint density at radius 1 is 1.43 bits per heavy atom. The maximum atomic E-state index is 8.53. The molecule has 30 heavy (non-hydrogen) atoms. The van der Waals surface area contributed by atoms with Crippen LogP contribution >= 0.6 is 0 Å². The van der Waals surface area contributed by atoms with Crippen LogP contribution in [0.5, 0.6) is 5.75 Å². The van der Waals surface area contributed by atoms with Crippen molar-refractivity contribution in [3.8, 4) is 28.6 Å². The third-order valence-corrected chi connectivity index (χ3v) is 4.80. The van der Waals surface area contributed by atoms with Gasteiger partial charge >= 0.3 is 0 Å². The maximum Gasteiger partial charge on any atom is 0.256 e. The molecule has 6 nitrogen and oxygen atoms in total. The summed E-state index contributed by atoms with van der Waals surface area (Å²) in [7, 11) is 0. The highest BCUT2D eigenvalue weighted by Crippen LogP contribution is 2.38. The quantitative estimate of drug-likeness (QED) is 0.507. The molecule has 0 amide bonds. The largest absolute Gasteiger partial charge is 0.502 e. The zero-order valence-electron chi connectivity index (χ0n) is 22.1. The van der Waals surface area contributed by atoms with Crippen LogP contribution in [0.2, 0.25) is 0 Å². The Bertz CT molecular complexity index is 1290. The fourth-order valence-corrected chi connectivity index (χ4v) is 3.48. The first-order valence-electron chi connectivity index (χ1n) is 12.2. The summed E-state index contributed by atoms with van der Waals surface area (Å²) in [6.07, 6.45) is -4.14. The van der Waals surface area contributed by atoms with E-state index in [2.05, 4.69) is 20.3 Å². The summed E-state index contributed by atoms with van der Waals surface area (Å²) in [5.74, 6) is 0.798. The fraction of sp³-hybridized carbons (Fsp3) is 0.375. The molecule has 1 aliphatic rings. The van der Waals surface area contributed by atoms with Gasteiger partial charge in [0.2, 0.25) is 11.5 Å². The lowest BCUT2D eigenvalue weighted by Gasteiger charge is -2.13. The van der Waals surface area contributed by atoms with E-state index in [0.717, 1.165) is 11.1 Å². The molecule has 0 saturated heterocycles. The van der Waals surface area contributed by atoms with E-state index in [1.165, 1.54) is 6.92 Å². The van der Waals surface area contributed by atoms with E-state index in [1.807, 2.05) is 12.1 Å². The van der Waals surface area contributed by atoms with Gasteiger partial charge in [-0.3, -0.25) is 0 Å². The SMILES string of the molecule is [2H]C([2H])(C)CN[C@@H]1c2cccc(-c3noc(-c4ccc(OC([2H])(C)C)c([N+]#[C-])c4)n3)c2CC1([2H])[2H]. The summed E-state index contributed by atoms with van der Waals surface area (Å²) in [6, 6.07) is 9.63. The molecule has 0 radical (unpaired) electrons. The van der Waals surface area contributed by atoms with Crippen molar-refractivity contribution < 1.29 is 16.1 Å². The summed E-state index contributed by atoms with van der Waals surface area (Å²) < 4.78 is 51.5. The van der Waals surface area contributed by atoms with Crippen LogP contribution in [0.4, 0.5) is 5.69 Å². The van der Waals surface area contributed by atoms with Gasteiger partial charge in [0.05, 0.1) is 14.0 Å². The van der Waals surface area contributed by atoms with Gasteiger partial charge in [0, 0.05) is 22.7 Å². The summed E-state index contributed by atoms with van der Waals surface area (Å²) >= 11 is 0. The molecule has 0 saturated carbocycles. The summed E-state index contributed by atoms with van der Waals surface area (Å²) in [5, 5.41) is 7.15. The second-order valence-corrected chi connectivity index (χ2v) is 7.15. The molecule has 0 unspecified atom stereocenters. The van der Waals surface area contributed by atoms with Crippen LogP contribution in [0, 0.1) is 6.57 Å². The Balaban J connectivity index is 1.66. The molecule has 1 N–H and O–H groups in total. The highest BCUT2D eigenvalue weighted by Gasteiger charge is 2.26. The molecule has 154 valence electrons. The molecule has 6 heteroatoms. The Hall–Kier alpha value is -3.17. The molecular formula is C24H26N4O2. The normalized spacial score (nSPS) is 20.2. The van der Waals surface area contributed by atoms with Crippen molar-refractivity contribution in [2.45, 2.75) is 52.1 Å². The first kappa shape index (κ1) is 14.8. The molecule has 4 rings (SSSR count). The van der Waals surface area contributed by atoms with Gasteiger partial charge in [-0.15, -0.1) is 0 Å². The highest BCUT2D eigenvalue weighted by atomic mass is 16.5. The molecule has 1 aromatic heterocycles. The Morgan fingerprint density at radius 2 is 2.30 bits per heavy atom. The lowest BCUT2D eigenvalue weighted by Crippen LogP contribution is -2.19. The third kappa shape index (κ3) is 3.94. The Kier molecular flexibility index (Phi) is 4.27. The molecule has 0 spiro atoms. The van der Waals surface area contributed by atoms with Crippen molar-refractivity contribution in [3.63, 3.8) is 0 Å². The Labute approximate surface area is 184 Å².